The smallest absolute Gasteiger partial charge is 0.253 e. The number of hydrogen-bond acceptors (Lipinski definition) is 5. The van der Waals surface area contributed by atoms with Crippen LogP contribution in [0.25, 0.3) is 22.5 Å². The largest absolute Gasteiger partial charge is 0.372 e. The number of H-pyrrole nitrogens is 1. The first-order valence-corrected chi connectivity index (χ1v) is 12.5. The van der Waals surface area contributed by atoms with Crippen LogP contribution in [0.5, 0.6) is 0 Å². The molecule has 2 aliphatic heterocycles. The van der Waals surface area contributed by atoms with Crippen molar-refractivity contribution in [2.45, 2.75) is 37.4 Å². The predicted molar refractivity (Wildman–Crippen MR) is 135 cm³/mol. The Morgan fingerprint density at radius 3 is 2.46 bits per heavy atom. The number of aromatic amines is 1. The van der Waals surface area contributed by atoms with Gasteiger partial charge in [-0.05, 0) is 56.0 Å². The van der Waals surface area contributed by atoms with Crippen LogP contribution < -0.4 is 10.2 Å². The fourth-order valence-corrected chi connectivity index (χ4v) is 5.73. The molecule has 1 saturated carbocycles. The number of nitrogens with one attached hydrogen (secondary N) is 2. The summed E-state index contributed by atoms with van der Waals surface area (Å²) in [7, 11) is 3.43. The highest BCUT2D eigenvalue weighted by Crippen LogP contribution is 2.50. The van der Waals surface area contributed by atoms with Crippen molar-refractivity contribution < 1.29 is 14.3 Å². The van der Waals surface area contributed by atoms with Crippen LogP contribution in [0.3, 0.4) is 0 Å². The summed E-state index contributed by atoms with van der Waals surface area (Å²) in [5, 5.41) is 3.05. The Morgan fingerprint density at radius 2 is 1.77 bits per heavy atom. The molecule has 7 heteroatoms. The molecule has 2 fully saturated rings. The Labute approximate surface area is 205 Å². The van der Waals surface area contributed by atoms with Gasteiger partial charge in [0.25, 0.3) is 5.91 Å². The highest BCUT2D eigenvalue weighted by Gasteiger charge is 2.50. The molecule has 1 aromatic carbocycles. The number of carbonyl (C=O) groups is 1. The minimum Gasteiger partial charge on any atom is -0.372 e. The first-order chi connectivity index (χ1) is 17.1. The average molecular weight is 473 g/mol. The number of carbonyl (C=O) groups excluding carboxylic acids is 1. The predicted octanol–water partition coefficient (Wildman–Crippen LogP) is 4.35. The standard InChI is InChI=1S/C28H32N4O3/c1-34-27(35-2)19-8-13-32(14-9-19)21-5-3-18(4-6-21)23-15-20(7-12-29-23)24-16-22-25(31-24)28(10-11-28)17-30-26(22)33/h3-7,12,15-16,19,27,31H,8-11,13-14,17H2,1-2H3,(H,30,33). The summed E-state index contributed by atoms with van der Waals surface area (Å²) in [4.78, 5) is 23.0. The maximum atomic E-state index is 12.4. The first-order valence-electron chi connectivity index (χ1n) is 12.5. The van der Waals surface area contributed by atoms with E-state index in [-0.39, 0.29) is 17.6 Å². The third-order valence-corrected chi connectivity index (χ3v) is 8.02. The molecule has 3 aromatic rings. The van der Waals surface area contributed by atoms with Gasteiger partial charge >= 0.3 is 0 Å². The van der Waals surface area contributed by atoms with Crippen molar-refractivity contribution in [1.29, 1.82) is 0 Å². The molecular formula is C28H32N4O3. The second-order valence-corrected chi connectivity index (χ2v) is 10.1. The Morgan fingerprint density at radius 1 is 1.03 bits per heavy atom. The number of nitrogens with zero attached hydrogens (tertiary/aromatic N) is 2. The van der Waals surface area contributed by atoms with Crippen LogP contribution in [0.1, 0.15) is 41.7 Å². The van der Waals surface area contributed by atoms with Crippen LogP contribution in [-0.2, 0) is 14.9 Å². The summed E-state index contributed by atoms with van der Waals surface area (Å²) in [5.74, 6) is 0.459. The van der Waals surface area contributed by atoms with Crippen LogP contribution >= 0.6 is 0 Å². The highest BCUT2D eigenvalue weighted by atomic mass is 16.7. The molecule has 2 N–H and O–H groups in total. The third-order valence-electron chi connectivity index (χ3n) is 8.02. The molecule has 1 spiro atoms. The minimum atomic E-state index is -0.118. The second-order valence-electron chi connectivity index (χ2n) is 10.1. The Bertz CT molecular complexity index is 1220. The Kier molecular flexibility index (Phi) is 5.61. The van der Waals surface area contributed by atoms with Gasteiger partial charge in [0.1, 0.15) is 0 Å². The molecule has 0 atom stereocenters. The van der Waals surface area contributed by atoms with Gasteiger partial charge in [-0.3, -0.25) is 9.78 Å². The molecule has 1 amide bonds. The van der Waals surface area contributed by atoms with Gasteiger partial charge in [0.2, 0.25) is 0 Å². The zero-order valence-electron chi connectivity index (χ0n) is 20.3. The van der Waals surface area contributed by atoms with Gasteiger partial charge in [-0.25, -0.2) is 0 Å². The molecule has 3 aliphatic rings. The van der Waals surface area contributed by atoms with Crippen molar-refractivity contribution in [3.8, 4) is 22.5 Å². The number of anilines is 1. The summed E-state index contributed by atoms with van der Waals surface area (Å²) in [6, 6.07) is 14.8. The summed E-state index contributed by atoms with van der Waals surface area (Å²) in [6.07, 6.45) is 6.09. The Hall–Kier alpha value is -3.16. The van der Waals surface area contributed by atoms with Gasteiger partial charge in [-0.1, -0.05) is 12.1 Å². The zero-order valence-corrected chi connectivity index (χ0v) is 20.3. The van der Waals surface area contributed by atoms with E-state index >= 15 is 0 Å². The number of ether oxygens (including phenoxy) is 2. The van der Waals surface area contributed by atoms with Crippen molar-refractivity contribution in [3.05, 3.63) is 59.9 Å². The topological polar surface area (TPSA) is 79.5 Å². The first kappa shape index (κ1) is 22.3. The van der Waals surface area contributed by atoms with E-state index in [0.717, 1.165) is 79.1 Å². The summed E-state index contributed by atoms with van der Waals surface area (Å²) < 4.78 is 10.9. The quantitative estimate of drug-likeness (QED) is 0.522. The van der Waals surface area contributed by atoms with Gasteiger partial charge in [0, 0.05) is 79.6 Å². The SMILES string of the molecule is COC(OC)C1CCN(c2ccc(-c3cc(-c4cc5c([nH]4)C4(CC4)CNC5=O)ccn3)cc2)CC1. The van der Waals surface area contributed by atoms with Gasteiger partial charge < -0.3 is 24.7 Å². The molecule has 2 aromatic heterocycles. The van der Waals surface area contributed by atoms with E-state index in [1.165, 1.54) is 5.69 Å². The number of rotatable bonds is 6. The average Bonchev–Trinajstić information content (AvgIpc) is 3.54. The van der Waals surface area contributed by atoms with Crippen LogP contribution in [0.15, 0.2) is 48.7 Å². The monoisotopic (exact) mass is 472 g/mol. The fraction of sp³-hybridized carbons (Fsp3) is 0.429. The molecule has 0 unspecified atom stereocenters. The molecular weight excluding hydrogens is 440 g/mol. The summed E-state index contributed by atoms with van der Waals surface area (Å²) >= 11 is 0. The lowest BCUT2D eigenvalue weighted by molar-refractivity contribution is -0.141. The molecule has 4 heterocycles. The lowest BCUT2D eigenvalue weighted by Gasteiger charge is -2.36. The van der Waals surface area contributed by atoms with Gasteiger partial charge in [0.05, 0.1) is 11.3 Å². The van der Waals surface area contributed by atoms with Crippen molar-refractivity contribution in [2.24, 2.45) is 5.92 Å². The number of fused-ring (bicyclic) bond motifs is 2. The zero-order chi connectivity index (χ0) is 24.0. The molecule has 7 nitrogen and oxygen atoms in total. The van der Waals surface area contributed by atoms with E-state index in [1.54, 1.807) is 14.2 Å². The molecule has 182 valence electrons. The van der Waals surface area contributed by atoms with Crippen LogP contribution in [-0.4, -0.2) is 56.0 Å². The minimum absolute atomic E-state index is 0.0221. The van der Waals surface area contributed by atoms with Crippen molar-refractivity contribution in [3.63, 3.8) is 0 Å². The van der Waals surface area contributed by atoms with E-state index < -0.39 is 0 Å². The summed E-state index contributed by atoms with van der Waals surface area (Å²) in [5.41, 5.74) is 7.27. The lowest BCUT2D eigenvalue weighted by Crippen LogP contribution is -2.39. The highest BCUT2D eigenvalue weighted by molar-refractivity contribution is 5.99. The lowest BCUT2D eigenvalue weighted by atomic mass is 9.95. The van der Waals surface area contributed by atoms with E-state index in [4.69, 9.17) is 9.47 Å². The van der Waals surface area contributed by atoms with E-state index in [1.807, 2.05) is 18.3 Å². The van der Waals surface area contributed by atoms with E-state index in [0.29, 0.717) is 5.92 Å². The molecule has 0 radical (unpaired) electrons. The normalized spacial score (nSPS) is 19.2. The number of pyridine rings is 1. The number of piperidine rings is 1. The number of methoxy groups -OCH3 is 2. The van der Waals surface area contributed by atoms with Crippen LogP contribution in [0.4, 0.5) is 5.69 Å². The molecule has 6 rings (SSSR count). The van der Waals surface area contributed by atoms with Crippen molar-refractivity contribution >= 4 is 11.6 Å². The van der Waals surface area contributed by atoms with Crippen LogP contribution in [0.2, 0.25) is 0 Å². The van der Waals surface area contributed by atoms with Crippen molar-refractivity contribution in [2.75, 3.05) is 38.8 Å². The van der Waals surface area contributed by atoms with E-state index in [9.17, 15) is 4.79 Å². The van der Waals surface area contributed by atoms with Gasteiger partial charge in [-0.15, -0.1) is 0 Å². The van der Waals surface area contributed by atoms with Crippen molar-refractivity contribution in [1.82, 2.24) is 15.3 Å². The number of benzene rings is 1. The molecule has 1 aliphatic carbocycles. The molecule has 0 bridgehead atoms. The second kappa shape index (κ2) is 8.81. The molecule has 1 saturated heterocycles. The van der Waals surface area contributed by atoms with Crippen LogP contribution in [0, 0.1) is 5.92 Å². The number of hydrogen-bond donors (Lipinski definition) is 2. The van der Waals surface area contributed by atoms with Gasteiger partial charge in [-0.2, -0.15) is 0 Å². The Balaban J connectivity index is 1.19. The third kappa shape index (κ3) is 4.02. The number of aromatic nitrogens is 2. The fourth-order valence-electron chi connectivity index (χ4n) is 5.73. The van der Waals surface area contributed by atoms with Gasteiger partial charge in [0.15, 0.2) is 6.29 Å². The van der Waals surface area contributed by atoms with E-state index in [2.05, 4.69) is 50.5 Å². The maximum absolute atomic E-state index is 12.4. The summed E-state index contributed by atoms with van der Waals surface area (Å²) in [6.45, 7) is 2.73. The number of amides is 1. The molecule has 35 heavy (non-hydrogen) atoms. The maximum Gasteiger partial charge on any atom is 0.253 e.